The summed E-state index contributed by atoms with van der Waals surface area (Å²) in [6.45, 7) is 3.44. The number of amides is 1. The Morgan fingerprint density at radius 3 is 2.57 bits per heavy atom. The van der Waals surface area contributed by atoms with Crippen molar-refractivity contribution in [3.05, 3.63) is 48.3 Å². The molecule has 1 atom stereocenters. The number of nitrogens with zero attached hydrogens (tertiary/aromatic N) is 3. The lowest BCUT2D eigenvalue weighted by Crippen LogP contribution is -2.43. The smallest absolute Gasteiger partial charge is 0.272 e. The average Bonchev–Trinajstić information content (AvgIpc) is 3.04. The number of likely N-dealkylation sites (tertiary alicyclic amines) is 1. The molecule has 6 heteroatoms. The molecule has 5 nitrogen and oxygen atoms in total. The van der Waals surface area contributed by atoms with Gasteiger partial charge in [0, 0.05) is 24.8 Å². The van der Waals surface area contributed by atoms with Crippen LogP contribution in [0.4, 0.5) is 4.39 Å². The summed E-state index contributed by atoms with van der Waals surface area (Å²) in [4.78, 5) is 18.7. The van der Waals surface area contributed by atoms with Crippen LogP contribution in [0.25, 0.3) is 5.69 Å². The minimum atomic E-state index is -0.306. The van der Waals surface area contributed by atoms with Crippen LogP contribution in [0.5, 0.6) is 0 Å². The number of halogens is 1. The fourth-order valence-corrected chi connectivity index (χ4v) is 3.05. The number of nitrogens with two attached hydrogens (primary N) is 1. The Morgan fingerprint density at radius 1 is 1.30 bits per heavy atom. The Labute approximate surface area is 134 Å². The van der Waals surface area contributed by atoms with Gasteiger partial charge in [0.05, 0.1) is 12.5 Å². The van der Waals surface area contributed by atoms with Crippen LogP contribution in [0.15, 0.2) is 36.8 Å². The molecule has 23 heavy (non-hydrogen) atoms. The third-order valence-electron chi connectivity index (χ3n) is 4.53. The van der Waals surface area contributed by atoms with E-state index < -0.39 is 0 Å². The van der Waals surface area contributed by atoms with Crippen LogP contribution >= 0.6 is 0 Å². The van der Waals surface area contributed by atoms with Gasteiger partial charge in [-0.1, -0.05) is 0 Å². The maximum atomic E-state index is 13.1. The molecule has 0 spiro atoms. The SMILES string of the molecule is CC(N)C1CCN(C(=O)c2cncn2-c2ccc(F)cc2)CC1. The first-order chi connectivity index (χ1) is 11.1. The molecule has 2 heterocycles. The van der Waals surface area contributed by atoms with Crippen LogP contribution in [0.3, 0.4) is 0 Å². The number of carbonyl (C=O) groups is 1. The first-order valence-electron chi connectivity index (χ1n) is 7.89. The maximum absolute atomic E-state index is 13.1. The van der Waals surface area contributed by atoms with Crippen molar-refractivity contribution >= 4 is 5.91 Å². The monoisotopic (exact) mass is 316 g/mol. The molecule has 1 aliphatic heterocycles. The molecule has 1 fully saturated rings. The molecule has 0 aliphatic carbocycles. The molecule has 1 aromatic carbocycles. The molecular formula is C17H21FN4O. The second kappa shape index (κ2) is 6.50. The van der Waals surface area contributed by atoms with Crippen molar-refractivity contribution in [2.75, 3.05) is 13.1 Å². The number of aromatic nitrogens is 2. The molecule has 3 rings (SSSR count). The first-order valence-corrected chi connectivity index (χ1v) is 7.89. The number of hydrogen-bond donors (Lipinski definition) is 1. The minimum absolute atomic E-state index is 0.0463. The van der Waals surface area contributed by atoms with E-state index in [1.165, 1.54) is 12.1 Å². The molecule has 0 saturated carbocycles. The van der Waals surface area contributed by atoms with E-state index in [1.54, 1.807) is 29.2 Å². The molecule has 1 unspecified atom stereocenters. The van der Waals surface area contributed by atoms with Crippen LogP contribution in [0.1, 0.15) is 30.3 Å². The third-order valence-corrected chi connectivity index (χ3v) is 4.53. The van der Waals surface area contributed by atoms with Gasteiger partial charge >= 0.3 is 0 Å². The summed E-state index contributed by atoms with van der Waals surface area (Å²) in [7, 11) is 0. The fraction of sp³-hybridized carbons (Fsp3) is 0.412. The predicted octanol–water partition coefficient (Wildman–Crippen LogP) is 2.21. The summed E-state index contributed by atoms with van der Waals surface area (Å²) >= 11 is 0. The first kappa shape index (κ1) is 15.7. The van der Waals surface area contributed by atoms with E-state index in [4.69, 9.17) is 5.73 Å². The molecule has 122 valence electrons. The van der Waals surface area contributed by atoms with Gasteiger partial charge in [0.1, 0.15) is 11.5 Å². The predicted molar refractivity (Wildman–Crippen MR) is 85.8 cm³/mol. The summed E-state index contributed by atoms with van der Waals surface area (Å²) in [6.07, 6.45) is 4.99. The van der Waals surface area contributed by atoms with Crippen molar-refractivity contribution < 1.29 is 9.18 Å². The van der Waals surface area contributed by atoms with Gasteiger partial charge in [-0.05, 0) is 49.9 Å². The Hall–Kier alpha value is -2.21. The van der Waals surface area contributed by atoms with E-state index >= 15 is 0 Å². The summed E-state index contributed by atoms with van der Waals surface area (Å²) in [6, 6.07) is 6.18. The maximum Gasteiger partial charge on any atom is 0.272 e. The lowest BCUT2D eigenvalue weighted by molar-refractivity contribution is 0.0673. The molecular weight excluding hydrogens is 295 g/mol. The minimum Gasteiger partial charge on any atom is -0.337 e. The third kappa shape index (κ3) is 3.27. The highest BCUT2D eigenvalue weighted by Gasteiger charge is 2.27. The molecule has 0 bridgehead atoms. The van der Waals surface area contributed by atoms with E-state index in [-0.39, 0.29) is 17.8 Å². The summed E-state index contributed by atoms with van der Waals surface area (Å²) in [5, 5.41) is 0. The average molecular weight is 316 g/mol. The fourth-order valence-electron chi connectivity index (χ4n) is 3.05. The molecule has 1 amide bonds. The normalized spacial score (nSPS) is 17.3. The van der Waals surface area contributed by atoms with Gasteiger partial charge < -0.3 is 10.6 Å². The molecule has 2 aromatic rings. The van der Waals surface area contributed by atoms with Crippen molar-refractivity contribution in [1.82, 2.24) is 14.5 Å². The highest BCUT2D eigenvalue weighted by molar-refractivity contribution is 5.93. The van der Waals surface area contributed by atoms with Crippen molar-refractivity contribution in [1.29, 1.82) is 0 Å². The van der Waals surface area contributed by atoms with Crippen molar-refractivity contribution in [2.24, 2.45) is 11.7 Å². The van der Waals surface area contributed by atoms with Crippen LogP contribution in [0.2, 0.25) is 0 Å². The molecule has 0 radical (unpaired) electrons. The van der Waals surface area contributed by atoms with Crippen LogP contribution < -0.4 is 5.73 Å². The number of piperidine rings is 1. The number of carbonyl (C=O) groups excluding carboxylic acids is 1. The molecule has 1 aliphatic rings. The van der Waals surface area contributed by atoms with Crippen LogP contribution in [-0.4, -0.2) is 39.5 Å². The Morgan fingerprint density at radius 2 is 1.96 bits per heavy atom. The zero-order chi connectivity index (χ0) is 16.4. The number of imidazole rings is 1. The Balaban J connectivity index is 1.77. The second-order valence-corrected chi connectivity index (χ2v) is 6.11. The summed E-state index contributed by atoms with van der Waals surface area (Å²) in [5.41, 5.74) is 7.16. The molecule has 1 aromatic heterocycles. The van der Waals surface area contributed by atoms with Crippen LogP contribution in [-0.2, 0) is 0 Å². The van der Waals surface area contributed by atoms with E-state index in [1.807, 2.05) is 11.8 Å². The standard InChI is InChI=1S/C17H21FN4O/c1-12(19)13-6-8-21(9-7-13)17(23)16-10-20-11-22(16)15-4-2-14(18)3-5-15/h2-5,10-13H,6-9,19H2,1H3. The Bertz CT molecular complexity index is 672. The summed E-state index contributed by atoms with van der Waals surface area (Å²) < 4.78 is 14.8. The highest BCUT2D eigenvalue weighted by Crippen LogP contribution is 2.22. The van der Waals surface area contributed by atoms with Gasteiger partial charge in [0.2, 0.25) is 0 Å². The van der Waals surface area contributed by atoms with Gasteiger partial charge in [-0.3, -0.25) is 9.36 Å². The number of benzene rings is 1. The quantitative estimate of drug-likeness (QED) is 0.944. The number of rotatable bonds is 3. The Kier molecular flexibility index (Phi) is 4.43. The van der Waals surface area contributed by atoms with Gasteiger partial charge in [0.15, 0.2) is 0 Å². The lowest BCUT2D eigenvalue weighted by atomic mass is 9.91. The lowest BCUT2D eigenvalue weighted by Gasteiger charge is -2.33. The molecule has 2 N–H and O–H groups in total. The van der Waals surface area contributed by atoms with E-state index in [0.717, 1.165) is 18.5 Å². The van der Waals surface area contributed by atoms with Gasteiger partial charge in [-0.15, -0.1) is 0 Å². The highest BCUT2D eigenvalue weighted by atomic mass is 19.1. The number of hydrogen-bond acceptors (Lipinski definition) is 3. The van der Waals surface area contributed by atoms with Crippen LogP contribution in [0, 0.1) is 11.7 Å². The van der Waals surface area contributed by atoms with Gasteiger partial charge in [0.25, 0.3) is 5.91 Å². The topological polar surface area (TPSA) is 64.2 Å². The largest absolute Gasteiger partial charge is 0.337 e. The van der Waals surface area contributed by atoms with Crippen molar-refractivity contribution in [2.45, 2.75) is 25.8 Å². The zero-order valence-corrected chi connectivity index (χ0v) is 13.2. The zero-order valence-electron chi connectivity index (χ0n) is 13.2. The second-order valence-electron chi connectivity index (χ2n) is 6.11. The van der Waals surface area contributed by atoms with E-state index in [0.29, 0.717) is 24.7 Å². The van der Waals surface area contributed by atoms with Crippen molar-refractivity contribution in [3.63, 3.8) is 0 Å². The van der Waals surface area contributed by atoms with E-state index in [9.17, 15) is 9.18 Å². The van der Waals surface area contributed by atoms with Gasteiger partial charge in [-0.2, -0.15) is 0 Å². The summed E-state index contributed by atoms with van der Waals surface area (Å²) in [5.74, 6) is 0.121. The van der Waals surface area contributed by atoms with Crippen molar-refractivity contribution in [3.8, 4) is 5.69 Å². The van der Waals surface area contributed by atoms with Gasteiger partial charge in [-0.25, -0.2) is 9.37 Å². The molecule has 1 saturated heterocycles. The van der Waals surface area contributed by atoms with E-state index in [2.05, 4.69) is 4.98 Å².